The molecule has 0 N–H and O–H groups in total. The fourth-order valence-electron chi connectivity index (χ4n) is 1.34. The molecular formula is C9H12N4O. The van der Waals surface area contributed by atoms with Gasteiger partial charge in [-0.25, -0.2) is 9.36 Å². The zero-order chi connectivity index (χ0) is 9.80. The molecule has 0 amide bonds. The minimum absolute atomic E-state index is 0.00926. The van der Waals surface area contributed by atoms with Gasteiger partial charge < -0.3 is 4.74 Å². The maximum absolute atomic E-state index is 5.13. The smallest absolute Gasteiger partial charge is 0.166 e. The highest BCUT2D eigenvalue weighted by Crippen LogP contribution is 2.07. The maximum Gasteiger partial charge on any atom is 0.166 e. The third-order valence-electron chi connectivity index (χ3n) is 1.98. The van der Waals surface area contributed by atoms with Crippen molar-refractivity contribution in [3.63, 3.8) is 0 Å². The first kappa shape index (κ1) is 8.96. The van der Waals surface area contributed by atoms with Crippen LogP contribution in [0.25, 0.3) is 0 Å². The molecule has 0 spiro atoms. The Kier molecular flexibility index (Phi) is 2.60. The molecule has 0 saturated carbocycles. The summed E-state index contributed by atoms with van der Waals surface area (Å²) >= 11 is 0. The van der Waals surface area contributed by atoms with Crippen molar-refractivity contribution in [2.24, 2.45) is 0 Å². The zero-order valence-corrected chi connectivity index (χ0v) is 7.95. The molecule has 0 bridgehead atoms. The summed E-state index contributed by atoms with van der Waals surface area (Å²) in [5.41, 5.74) is 0. The standard InChI is InChI=1S/C9H12N4O/c1-14-8-9(12-6-2-4-10-12)13-7-3-5-11-13/h2-7,9H,8H2,1H3. The molecule has 5 heteroatoms. The Morgan fingerprint density at radius 1 is 1.14 bits per heavy atom. The summed E-state index contributed by atoms with van der Waals surface area (Å²) in [7, 11) is 1.67. The van der Waals surface area contributed by atoms with Crippen LogP contribution in [-0.2, 0) is 4.74 Å². The van der Waals surface area contributed by atoms with E-state index in [2.05, 4.69) is 10.2 Å². The van der Waals surface area contributed by atoms with Crippen LogP contribution in [0.5, 0.6) is 0 Å². The van der Waals surface area contributed by atoms with Crippen molar-refractivity contribution < 1.29 is 4.74 Å². The molecule has 14 heavy (non-hydrogen) atoms. The number of hydrogen-bond acceptors (Lipinski definition) is 3. The minimum Gasteiger partial charge on any atom is -0.380 e. The quantitative estimate of drug-likeness (QED) is 0.718. The Labute approximate surface area is 81.9 Å². The largest absolute Gasteiger partial charge is 0.380 e. The summed E-state index contributed by atoms with van der Waals surface area (Å²) in [4.78, 5) is 0. The second-order valence-corrected chi connectivity index (χ2v) is 2.91. The molecule has 0 aliphatic rings. The van der Waals surface area contributed by atoms with Gasteiger partial charge in [0.1, 0.15) is 0 Å². The van der Waals surface area contributed by atoms with Gasteiger partial charge in [-0.05, 0) is 12.1 Å². The lowest BCUT2D eigenvalue weighted by Gasteiger charge is -2.16. The van der Waals surface area contributed by atoms with Crippen LogP contribution in [-0.4, -0.2) is 33.3 Å². The van der Waals surface area contributed by atoms with E-state index in [1.165, 1.54) is 0 Å². The van der Waals surface area contributed by atoms with Gasteiger partial charge in [0.15, 0.2) is 6.17 Å². The molecule has 0 aromatic carbocycles. The van der Waals surface area contributed by atoms with E-state index in [-0.39, 0.29) is 6.17 Å². The molecule has 74 valence electrons. The zero-order valence-electron chi connectivity index (χ0n) is 7.95. The summed E-state index contributed by atoms with van der Waals surface area (Å²) in [6.45, 7) is 0.545. The van der Waals surface area contributed by atoms with Gasteiger partial charge in [0.05, 0.1) is 6.61 Å². The summed E-state index contributed by atoms with van der Waals surface area (Å²) in [5, 5.41) is 8.33. The van der Waals surface area contributed by atoms with Gasteiger partial charge in [-0.3, -0.25) is 0 Å². The molecule has 0 saturated heterocycles. The van der Waals surface area contributed by atoms with Crippen LogP contribution < -0.4 is 0 Å². The topological polar surface area (TPSA) is 44.9 Å². The third kappa shape index (κ3) is 1.67. The van der Waals surface area contributed by atoms with Gasteiger partial charge >= 0.3 is 0 Å². The molecule has 5 nitrogen and oxygen atoms in total. The van der Waals surface area contributed by atoms with E-state index in [0.717, 1.165) is 0 Å². The van der Waals surface area contributed by atoms with Gasteiger partial charge in [-0.15, -0.1) is 0 Å². The average molecular weight is 192 g/mol. The fraction of sp³-hybridized carbons (Fsp3) is 0.333. The van der Waals surface area contributed by atoms with Crippen LogP contribution in [0.1, 0.15) is 6.17 Å². The van der Waals surface area contributed by atoms with Crippen molar-refractivity contribution in [2.75, 3.05) is 13.7 Å². The molecule has 2 aromatic heterocycles. The Bertz CT molecular complexity index is 320. The van der Waals surface area contributed by atoms with E-state index in [1.807, 2.05) is 33.9 Å². The number of hydrogen-bond donors (Lipinski definition) is 0. The van der Waals surface area contributed by atoms with Gasteiger partial charge in [0.2, 0.25) is 0 Å². The molecule has 2 rings (SSSR count). The molecular weight excluding hydrogens is 180 g/mol. The summed E-state index contributed by atoms with van der Waals surface area (Å²) in [6, 6.07) is 3.76. The number of nitrogens with zero attached hydrogens (tertiary/aromatic N) is 4. The van der Waals surface area contributed by atoms with Crippen LogP contribution in [0.2, 0.25) is 0 Å². The van der Waals surface area contributed by atoms with Crippen LogP contribution in [0, 0.1) is 0 Å². The molecule has 0 unspecified atom stereocenters. The molecule has 2 aromatic rings. The van der Waals surface area contributed by atoms with Crippen molar-refractivity contribution in [3.8, 4) is 0 Å². The van der Waals surface area contributed by atoms with Crippen LogP contribution in [0.3, 0.4) is 0 Å². The first-order valence-electron chi connectivity index (χ1n) is 4.39. The van der Waals surface area contributed by atoms with E-state index >= 15 is 0 Å². The third-order valence-corrected chi connectivity index (χ3v) is 1.98. The van der Waals surface area contributed by atoms with Gasteiger partial charge in [-0.2, -0.15) is 10.2 Å². The van der Waals surface area contributed by atoms with Gasteiger partial charge in [0.25, 0.3) is 0 Å². The second-order valence-electron chi connectivity index (χ2n) is 2.91. The van der Waals surface area contributed by atoms with Crippen molar-refractivity contribution in [1.29, 1.82) is 0 Å². The van der Waals surface area contributed by atoms with Crippen LogP contribution in [0.4, 0.5) is 0 Å². The monoisotopic (exact) mass is 192 g/mol. The highest BCUT2D eigenvalue weighted by Gasteiger charge is 2.12. The minimum atomic E-state index is -0.00926. The average Bonchev–Trinajstić information content (AvgIpc) is 2.87. The molecule has 0 radical (unpaired) electrons. The number of rotatable bonds is 4. The Morgan fingerprint density at radius 2 is 1.71 bits per heavy atom. The van der Waals surface area contributed by atoms with Crippen molar-refractivity contribution in [2.45, 2.75) is 6.17 Å². The van der Waals surface area contributed by atoms with E-state index in [1.54, 1.807) is 19.5 Å². The molecule has 0 aliphatic carbocycles. The lowest BCUT2D eigenvalue weighted by Crippen LogP contribution is -2.23. The van der Waals surface area contributed by atoms with E-state index < -0.39 is 0 Å². The summed E-state index contributed by atoms with van der Waals surface area (Å²) in [6.07, 6.45) is 7.26. The normalized spacial score (nSPS) is 11.0. The molecule has 0 aliphatic heterocycles. The first-order chi connectivity index (χ1) is 6.92. The number of methoxy groups -OCH3 is 1. The van der Waals surface area contributed by atoms with E-state index in [4.69, 9.17) is 4.74 Å². The maximum atomic E-state index is 5.13. The summed E-state index contributed by atoms with van der Waals surface area (Å²) < 4.78 is 8.76. The Balaban J connectivity index is 2.25. The van der Waals surface area contributed by atoms with Crippen molar-refractivity contribution >= 4 is 0 Å². The van der Waals surface area contributed by atoms with E-state index in [0.29, 0.717) is 6.61 Å². The van der Waals surface area contributed by atoms with Gasteiger partial charge in [-0.1, -0.05) is 0 Å². The highest BCUT2D eigenvalue weighted by atomic mass is 16.5. The number of ether oxygens (including phenoxy) is 1. The van der Waals surface area contributed by atoms with Crippen molar-refractivity contribution in [1.82, 2.24) is 19.6 Å². The number of aromatic nitrogens is 4. The van der Waals surface area contributed by atoms with Crippen LogP contribution >= 0.6 is 0 Å². The summed E-state index contributed by atoms with van der Waals surface area (Å²) in [5.74, 6) is 0. The van der Waals surface area contributed by atoms with Crippen LogP contribution in [0.15, 0.2) is 36.9 Å². The predicted molar refractivity (Wildman–Crippen MR) is 50.8 cm³/mol. The van der Waals surface area contributed by atoms with Gasteiger partial charge in [0, 0.05) is 31.9 Å². The molecule has 2 heterocycles. The lowest BCUT2D eigenvalue weighted by atomic mass is 10.5. The lowest BCUT2D eigenvalue weighted by molar-refractivity contribution is 0.129. The SMILES string of the molecule is COCC(n1cccn1)n1cccn1. The molecule has 0 fully saturated rings. The predicted octanol–water partition coefficient (Wildman–Crippen LogP) is 0.773. The Morgan fingerprint density at radius 3 is 2.07 bits per heavy atom. The first-order valence-corrected chi connectivity index (χ1v) is 4.39. The van der Waals surface area contributed by atoms with Crippen molar-refractivity contribution in [3.05, 3.63) is 36.9 Å². The fourth-order valence-corrected chi connectivity index (χ4v) is 1.34. The Hall–Kier alpha value is -1.62. The molecule has 0 atom stereocenters. The second kappa shape index (κ2) is 4.06. The van der Waals surface area contributed by atoms with E-state index in [9.17, 15) is 0 Å². The highest BCUT2D eigenvalue weighted by molar-refractivity contribution is 4.86.